The monoisotopic (exact) mass is 555 g/mol. The van der Waals surface area contributed by atoms with Crippen molar-refractivity contribution in [2.75, 3.05) is 44.7 Å². The molecule has 0 bridgehead atoms. The molecule has 0 aliphatic carbocycles. The first-order valence-corrected chi connectivity index (χ1v) is 10.7. The van der Waals surface area contributed by atoms with Crippen molar-refractivity contribution in [2.45, 2.75) is 39.2 Å². The van der Waals surface area contributed by atoms with Crippen molar-refractivity contribution in [1.82, 2.24) is 25.5 Å². The molecule has 0 unspecified atom stereocenters. The number of nitrogens with zero attached hydrogens (tertiary/aromatic N) is 5. The minimum atomic E-state index is -0.0748. The van der Waals surface area contributed by atoms with Gasteiger partial charge in [0, 0.05) is 57.8 Å². The van der Waals surface area contributed by atoms with Gasteiger partial charge in [-0.15, -0.1) is 24.0 Å². The van der Waals surface area contributed by atoms with E-state index < -0.39 is 0 Å². The zero-order valence-electron chi connectivity index (χ0n) is 19.3. The number of hydrogen-bond donors (Lipinski definition) is 2. The number of amides is 1. The van der Waals surface area contributed by atoms with Gasteiger partial charge in [-0.2, -0.15) is 0 Å². The molecule has 0 aromatic carbocycles. The summed E-state index contributed by atoms with van der Waals surface area (Å²) in [5.74, 6) is 3.18. The van der Waals surface area contributed by atoms with Crippen LogP contribution in [0.5, 0.6) is 0 Å². The van der Waals surface area contributed by atoms with Crippen LogP contribution in [-0.2, 0) is 16.8 Å². The molecule has 2 aromatic heterocycles. The Bertz CT molecular complexity index is 872. The van der Waals surface area contributed by atoms with Crippen LogP contribution >= 0.6 is 24.0 Å². The summed E-state index contributed by atoms with van der Waals surface area (Å²) in [4.78, 5) is 29.6. The van der Waals surface area contributed by atoms with E-state index in [9.17, 15) is 4.79 Å². The van der Waals surface area contributed by atoms with Crippen LogP contribution in [0.1, 0.15) is 38.8 Å². The van der Waals surface area contributed by atoms with Crippen LogP contribution < -0.4 is 15.5 Å². The van der Waals surface area contributed by atoms with Crippen molar-refractivity contribution < 1.29 is 9.21 Å². The highest BCUT2D eigenvalue weighted by Crippen LogP contribution is 2.22. The lowest BCUT2D eigenvalue weighted by molar-refractivity contribution is -0.131. The first kappa shape index (κ1) is 25.9. The number of piperazine rings is 1. The predicted octanol–water partition coefficient (Wildman–Crippen LogP) is 2.39. The van der Waals surface area contributed by atoms with Crippen molar-refractivity contribution in [3.05, 3.63) is 42.2 Å². The third-order valence-corrected chi connectivity index (χ3v) is 5.16. The smallest absolute Gasteiger partial charge is 0.224 e. The second-order valence-electron chi connectivity index (χ2n) is 8.53. The maximum Gasteiger partial charge on any atom is 0.224 e. The van der Waals surface area contributed by atoms with E-state index in [2.05, 4.69) is 51.3 Å². The van der Waals surface area contributed by atoms with Crippen LogP contribution in [0.15, 0.2) is 40.0 Å². The van der Waals surface area contributed by atoms with Crippen molar-refractivity contribution in [1.29, 1.82) is 0 Å². The fourth-order valence-corrected chi connectivity index (χ4v) is 3.29. The number of aromatic nitrogens is 2. The fourth-order valence-electron chi connectivity index (χ4n) is 3.29. The van der Waals surface area contributed by atoms with Gasteiger partial charge in [0.2, 0.25) is 11.8 Å². The summed E-state index contributed by atoms with van der Waals surface area (Å²) >= 11 is 0. The second kappa shape index (κ2) is 12.0. The summed E-state index contributed by atoms with van der Waals surface area (Å²) in [6.07, 6.45) is 3.97. The Morgan fingerprint density at radius 2 is 1.91 bits per heavy atom. The van der Waals surface area contributed by atoms with Crippen LogP contribution in [0.3, 0.4) is 0 Å². The van der Waals surface area contributed by atoms with Gasteiger partial charge in [0.1, 0.15) is 11.6 Å². The molecule has 2 N–H and O–H groups in total. The highest BCUT2D eigenvalue weighted by Gasteiger charge is 2.22. The number of guanidine groups is 1. The maximum absolute atomic E-state index is 12.6. The summed E-state index contributed by atoms with van der Waals surface area (Å²) in [6, 6.07) is 5.90. The maximum atomic E-state index is 12.6. The topological polar surface area (TPSA) is 98.9 Å². The van der Waals surface area contributed by atoms with Crippen molar-refractivity contribution in [3.63, 3.8) is 0 Å². The molecule has 2 aromatic rings. The molecular weight excluding hydrogens is 521 g/mol. The van der Waals surface area contributed by atoms with Crippen LogP contribution in [0, 0.1) is 0 Å². The van der Waals surface area contributed by atoms with Crippen LogP contribution in [-0.4, -0.2) is 66.5 Å². The third kappa shape index (κ3) is 7.35. The number of pyridine rings is 1. The van der Waals surface area contributed by atoms with Gasteiger partial charge in [-0.05, 0) is 12.1 Å². The summed E-state index contributed by atoms with van der Waals surface area (Å²) in [7, 11) is 1.70. The van der Waals surface area contributed by atoms with E-state index in [1.807, 2.05) is 23.1 Å². The SMILES string of the molecule is CN=C(NCCC(=O)N1CCN(c2ccccn2)CC1)NCc1ncc(C(C)(C)C)o1.I. The summed E-state index contributed by atoms with van der Waals surface area (Å²) in [6.45, 7) is 10.2. The Morgan fingerprint density at radius 1 is 1.16 bits per heavy atom. The van der Waals surface area contributed by atoms with E-state index in [0.29, 0.717) is 44.5 Å². The lowest BCUT2D eigenvalue weighted by atomic mass is 9.94. The molecule has 0 atom stereocenters. The van der Waals surface area contributed by atoms with E-state index in [0.717, 1.165) is 24.7 Å². The number of nitrogens with one attached hydrogen (secondary N) is 2. The molecule has 32 heavy (non-hydrogen) atoms. The van der Waals surface area contributed by atoms with Crippen molar-refractivity contribution in [3.8, 4) is 0 Å². The number of aliphatic imine (C=N–C) groups is 1. The molecular formula is C22H34IN7O2. The first-order chi connectivity index (χ1) is 14.9. The Balaban J connectivity index is 0.00000363. The van der Waals surface area contributed by atoms with E-state index in [1.165, 1.54) is 0 Å². The number of anilines is 1. The first-order valence-electron chi connectivity index (χ1n) is 10.7. The van der Waals surface area contributed by atoms with E-state index in [1.54, 1.807) is 19.4 Å². The van der Waals surface area contributed by atoms with Crippen LogP contribution in [0.4, 0.5) is 5.82 Å². The number of oxazole rings is 1. The van der Waals surface area contributed by atoms with E-state index in [4.69, 9.17) is 4.42 Å². The molecule has 1 amide bonds. The van der Waals surface area contributed by atoms with Gasteiger partial charge < -0.3 is 24.9 Å². The third-order valence-electron chi connectivity index (χ3n) is 5.16. The number of carbonyl (C=O) groups excluding carboxylic acids is 1. The summed E-state index contributed by atoms with van der Waals surface area (Å²) in [5.41, 5.74) is -0.0748. The zero-order chi connectivity index (χ0) is 22.3. The minimum Gasteiger partial charge on any atom is -0.443 e. The van der Waals surface area contributed by atoms with E-state index >= 15 is 0 Å². The normalized spacial score (nSPS) is 14.7. The number of hydrogen-bond acceptors (Lipinski definition) is 6. The second-order valence-corrected chi connectivity index (χ2v) is 8.53. The molecule has 0 saturated carbocycles. The number of halogens is 1. The van der Waals surface area contributed by atoms with Gasteiger partial charge in [0.15, 0.2) is 5.96 Å². The zero-order valence-corrected chi connectivity index (χ0v) is 21.6. The quantitative estimate of drug-likeness (QED) is 0.321. The van der Waals surface area contributed by atoms with Crippen LogP contribution in [0.2, 0.25) is 0 Å². The average molecular weight is 555 g/mol. The van der Waals surface area contributed by atoms with Crippen LogP contribution in [0.25, 0.3) is 0 Å². The molecule has 1 fully saturated rings. The highest BCUT2D eigenvalue weighted by molar-refractivity contribution is 14.0. The fraction of sp³-hybridized carbons (Fsp3) is 0.545. The molecule has 10 heteroatoms. The van der Waals surface area contributed by atoms with Gasteiger partial charge in [-0.25, -0.2) is 9.97 Å². The number of rotatable bonds is 6. The standard InChI is InChI=1S/C22H33N7O2.HI/c1-22(2,3)17-15-26-19(31-17)16-27-21(23-4)25-10-8-20(30)29-13-11-28(12-14-29)18-7-5-6-9-24-18;/h5-7,9,15H,8,10-14,16H2,1-4H3,(H2,23,25,27);1H. The predicted molar refractivity (Wildman–Crippen MR) is 136 cm³/mol. The molecule has 0 radical (unpaired) electrons. The average Bonchev–Trinajstić information content (AvgIpc) is 3.26. The number of carbonyl (C=O) groups is 1. The van der Waals surface area contributed by atoms with Crippen molar-refractivity contribution in [2.24, 2.45) is 4.99 Å². The van der Waals surface area contributed by atoms with Gasteiger partial charge in [-0.1, -0.05) is 26.8 Å². The van der Waals surface area contributed by atoms with Gasteiger partial charge in [0.05, 0.1) is 12.7 Å². The molecule has 3 rings (SSSR count). The van der Waals surface area contributed by atoms with Gasteiger partial charge in [0.25, 0.3) is 0 Å². The molecule has 1 saturated heterocycles. The highest BCUT2D eigenvalue weighted by atomic mass is 127. The molecule has 1 aliphatic rings. The Kier molecular flexibility index (Phi) is 9.73. The molecule has 3 heterocycles. The molecule has 1 aliphatic heterocycles. The lowest BCUT2D eigenvalue weighted by Crippen LogP contribution is -2.49. The summed E-state index contributed by atoms with van der Waals surface area (Å²) in [5, 5.41) is 6.35. The van der Waals surface area contributed by atoms with Gasteiger partial charge >= 0.3 is 0 Å². The Hall–Kier alpha value is -2.37. The molecule has 176 valence electrons. The summed E-state index contributed by atoms with van der Waals surface area (Å²) < 4.78 is 5.78. The van der Waals surface area contributed by atoms with Crippen molar-refractivity contribution >= 4 is 41.7 Å². The van der Waals surface area contributed by atoms with Gasteiger partial charge in [-0.3, -0.25) is 9.79 Å². The largest absolute Gasteiger partial charge is 0.443 e. The lowest BCUT2D eigenvalue weighted by Gasteiger charge is -2.35. The van der Waals surface area contributed by atoms with E-state index in [-0.39, 0.29) is 35.3 Å². The Labute approximate surface area is 207 Å². The minimum absolute atomic E-state index is 0. The molecule has 0 spiro atoms. The molecule has 9 nitrogen and oxygen atoms in total. The Morgan fingerprint density at radius 3 is 2.50 bits per heavy atom.